The van der Waals surface area contributed by atoms with Crippen molar-refractivity contribution in [2.45, 2.75) is 56.5 Å². The summed E-state index contributed by atoms with van der Waals surface area (Å²) < 4.78 is 43.7. The van der Waals surface area contributed by atoms with Crippen LogP contribution in [0, 0.1) is 11.8 Å². The van der Waals surface area contributed by atoms with E-state index < -0.39 is 24.9 Å². The third kappa shape index (κ3) is 5.92. The molecule has 1 aromatic heterocycles. The van der Waals surface area contributed by atoms with Crippen LogP contribution >= 0.6 is 11.6 Å². The molecular weight excluding hydrogens is 525 g/mol. The molecule has 0 saturated heterocycles. The van der Waals surface area contributed by atoms with Crippen LogP contribution in [0.1, 0.15) is 30.4 Å². The fourth-order valence-electron chi connectivity index (χ4n) is 5.94. The highest BCUT2D eigenvalue weighted by Gasteiger charge is 2.50. The van der Waals surface area contributed by atoms with E-state index in [2.05, 4.69) is 20.6 Å². The Labute approximate surface area is 222 Å². The third-order valence-corrected chi connectivity index (χ3v) is 8.08. The predicted octanol–water partition coefficient (Wildman–Crippen LogP) is 3.87. The minimum atomic E-state index is -4.63. The number of hydrogen-bond acceptors (Lipinski definition) is 8. The van der Waals surface area contributed by atoms with Gasteiger partial charge in [0.25, 0.3) is 0 Å². The molecule has 2 fully saturated rings. The zero-order chi connectivity index (χ0) is 27.0. The van der Waals surface area contributed by atoms with Gasteiger partial charge in [-0.1, -0.05) is 17.7 Å². The van der Waals surface area contributed by atoms with Gasteiger partial charge in [0.1, 0.15) is 11.1 Å². The van der Waals surface area contributed by atoms with Crippen LogP contribution < -0.4 is 16.4 Å². The van der Waals surface area contributed by atoms with Crippen molar-refractivity contribution in [3.05, 3.63) is 40.5 Å². The number of nitrogens with one attached hydrogen (secondary N) is 2. The van der Waals surface area contributed by atoms with Crippen LogP contribution in [0.15, 0.2) is 24.4 Å². The Hall–Kier alpha value is -2.83. The van der Waals surface area contributed by atoms with Gasteiger partial charge in [0.15, 0.2) is 11.9 Å². The van der Waals surface area contributed by atoms with E-state index in [0.717, 1.165) is 36.1 Å². The molecule has 1 amide bonds. The number of carbonyl (C=O) groups excluding carboxylic acids is 1. The van der Waals surface area contributed by atoms with Crippen molar-refractivity contribution in [1.82, 2.24) is 14.9 Å². The summed E-state index contributed by atoms with van der Waals surface area (Å²) in [6, 6.07) is 5.61. The van der Waals surface area contributed by atoms with Crippen molar-refractivity contribution >= 4 is 35.1 Å². The number of aliphatic hydroxyl groups excluding tert-OH is 1. The van der Waals surface area contributed by atoms with Crippen LogP contribution in [0.5, 0.6) is 0 Å². The van der Waals surface area contributed by atoms with E-state index in [4.69, 9.17) is 22.1 Å². The minimum absolute atomic E-state index is 0.146. The topological polar surface area (TPSA) is 126 Å². The number of aromatic nitrogens is 2. The SMILES string of the molecule is NC(=O)OC1C2CCC(C2)C1Nc1nc(Nc2ccc3c(c2)CCN(C[C@H](O)C(F)(F)F)CC3)ncc1Cl. The molecule has 9 nitrogen and oxygen atoms in total. The second-order valence-electron chi connectivity index (χ2n) is 10.3. The van der Waals surface area contributed by atoms with Crippen molar-refractivity contribution in [1.29, 1.82) is 0 Å². The average molecular weight is 555 g/mol. The third-order valence-electron chi connectivity index (χ3n) is 7.81. The maximum absolute atomic E-state index is 12.8. The first-order valence-electron chi connectivity index (χ1n) is 12.7. The second kappa shape index (κ2) is 10.7. The fraction of sp³-hybridized carbons (Fsp3) is 0.560. The molecule has 0 spiro atoms. The Morgan fingerprint density at radius 2 is 1.97 bits per heavy atom. The molecule has 4 unspecified atom stereocenters. The van der Waals surface area contributed by atoms with Crippen LogP contribution in [0.25, 0.3) is 0 Å². The summed E-state index contributed by atoms with van der Waals surface area (Å²) in [5.41, 5.74) is 8.09. The summed E-state index contributed by atoms with van der Waals surface area (Å²) in [7, 11) is 0. The highest BCUT2D eigenvalue weighted by molar-refractivity contribution is 6.32. The van der Waals surface area contributed by atoms with E-state index in [9.17, 15) is 23.1 Å². The maximum Gasteiger partial charge on any atom is 0.415 e. The first-order chi connectivity index (χ1) is 18.1. The van der Waals surface area contributed by atoms with E-state index in [1.54, 1.807) is 4.90 Å². The van der Waals surface area contributed by atoms with Gasteiger partial charge in [-0.15, -0.1) is 0 Å². The zero-order valence-electron chi connectivity index (χ0n) is 20.5. The van der Waals surface area contributed by atoms with Crippen LogP contribution in [0.2, 0.25) is 5.02 Å². The molecule has 2 bridgehead atoms. The van der Waals surface area contributed by atoms with E-state index in [1.807, 2.05) is 18.2 Å². The number of anilines is 3. The number of nitrogens with two attached hydrogens (primary N) is 1. The summed E-state index contributed by atoms with van der Waals surface area (Å²) in [6.45, 7) is 0.407. The monoisotopic (exact) mass is 554 g/mol. The Morgan fingerprint density at radius 1 is 1.24 bits per heavy atom. The smallest absolute Gasteiger partial charge is 0.415 e. The van der Waals surface area contributed by atoms with E-state index in [0.29, 0.717) is 48.6 Å². The number of β-amino-alcohol motifs (C(OH)–C–C–N with tert-alkyl or cyclic N) is 1. The van der Waals surface area contributed by atoms with Crippen molar-refractivity contribution < 1.29 is 27.8 Å². The summed E-state index contributed by atoms with van der Waals surface area (Å²) in [4.78, 5) is 21.9. The molecule has 206 valence electrons. The van der Waals surface area contributed by atoms with Crippen LogP contribution in [0.3, 0.4) is 0 Å². The van der Waals surface area contributed by atoms with Gasteiger partial charge in [-0.25, -0.2) is 9.78 Å². The molecule has 2 aliphatic carbocycles. The molecule has 2 saturated carbocycles. The molecule has 2 aromatic rings. The molecule has 3 aliphatic rings. The number of aliphatic hydroxyl groups is 1. The van der Waals surface area contributed by atoms with Gasteiger partial charge in [-0.05, 0) is 67.2 Å². The molecular formula is C25H30ClF3N6O3. The average Bonchev–Trinajstić information content (AvgIpc) is 3.39. The lowest BCUT2D eigenvalue weighted by atomic mass is 9.92. The minimum Gasteiger partial charge on any atom is -0.444 e. The van der Waals surface area contributed by atoms with Crippen LogP contribution in [0.4, 0.5) is 35.4 Å². The van der Waals surface area contributed by atoms with Gasteiger partial charge in [-0.2, -0.15) is 18.2 Å². The van der Waals surface area contributed by atoms with Crippen molar-refractivity contribution in [2.75, 3.05) is 30.3 Å². The number of alkyl halides is 3. The molecule has 1 aromatic carbocycles. The largest absolute Gasteiger partial charge is 0.444 e. The number of nitrogens with zero attached hydrogens (tertiary/aromatic N) is 3. The lowest BCUT2D eigenvalue weighted by Crippen LogP contribution is -2.43. The fourth-order valence-corrected chi connectivity index (χ4v) is 6.08. The van der Waals surface area contributed by atoms with Crippen molar-refractivity contribution in [3.63, 3.8) is 0 Å². The maximum atomic E-state index is 12.8. The van der Waals surface area contributed by atoms with Crippen molar-refractivity contribution in [2.24, 2.45) is 17.6 Å². The standard InChI is InChI=1S/C25H30ClF3N6O3/c26-18-11-31-24(34-22(18)33-20-15-1-2-16(9-15)21(20)38-23(30)37)32-17-4-3-13-5-7-35(8-6-14(13)10-17)12-19(36)25(27,28)29/h3-4,10-11,15-16,19-21,36H,1-2,5-9,12H2,(H2,30,37)(H2,31,32,33,34)/t15?,16?,19-,20?,21?/m0/s1. The highest BCUT2D eigenvalue weighted by Crippen LogP contribution is 2.47. The first-order valence-corrected chi connectivity index (χ1v) is 13.1. The van der Waals surface area contributed by atoms with Crippen LogP contribution in [-0.2, 0) is 17.6 Å². The number of primary amides is 1. The number of ether oxygens (including phenoxy) is 1. The molecule has 5 rings (SSSR count). The Morgan fingerprint density at radius 3 is 2.71 bits per heavy atom. The normalized spacial score (nSPS) is 25.9. The summed E-state index contributed by atoms with van der Waals surface area (Å²) in [5.74, 6) is 1.33. The van der Waals surface area contributed by atoms with E-state index in [-0.39, 0.29) is 18.1 Å². The lowest BCUT2D eigenvalue weighted by Gasteiger charge is -2.31. The number of benzene rings is 1. The second-order valence-corrected chi connectivity index (χ2v) is 10.7. The van der Waals surface area contributed by atoms with Gasteiger partial charge in [0.2, 0.25) is 5.95 Å². The van der Waals surface area contributed by atoms with Gasteiger partial charge in [-0.3, -0.25) is 4.90 Å². The molecule has 38 heavy (non-hydrogen) atoms. The molecule has 2 heterocycles. The number of halogens is 4. The number of hydrogen-bond donors (Lipinski definition) is 4. The van der Waals surface area contributed by atoms with Crippen LogP contribution in [-0.4, -0.2) is 70.1 Å². The number of fused-ring (bicyclic) bond motifs is 3. The van der Waals surface area contributed by atoms with Gasteiger partial charge in [0, 0.05) is 25.3 Å². The molecule has 5 atom stereocenters. The summed E-state index contributed by atoms with van der Waals surface area (Å²) in [5, 5.41) is 16.3. The Kier molecular flexibility index (Phi) is 7.56. The van der Waals surface area contributed by atoms with E-state index in [1.165, 1.54) is 6.20 Å². The first kappa shape index (κ1) is 26.8. The Bertz CT molecular complexity index is 1190. The quantitative estimate of drug-likeness (QED) is 0.406. The predicted molar refractivity (Wildman–Crippen MR) is 135 cm³/mol. The Balaban J connectivity index is 1.26. The number of carbonyl (C=O) groups is 1. The highest BCUT2D eigenvalue weighted by atomic mass is 35.5. The summed E-state index contributed by atoms with van der Waals surface area (Å²) in [6.07, 6.45) is -2.53. The molecule has 5 N–H and O–H groups in total. The van der Waals surface area contributed by atoms with E-state index >= 15 is 0 Å². The summed E-state index contributed by atoms with van der Waals surface area (Å²) >= 11 is 6.38. The number of rotatable bonds is 7. The van der Waals surface area contributed by atoms with Gasteiger partial charge >= 0.3 is 12.3 Å². The van der Waals surface area contributed by atoms with Gasteiger partial charge in [0.05, 0.1) is 12.2 Å². The molecule has 13 heteroatoms. The molecule has 1 aliphatic heterocycles. The van der Waals surface area contributed by atoms with Gasteiger partial charge < -0.3 is 26.2 Å². The van der Waals surface area contributed by atoms with Crippen molar-refractivity contribution in [3.8, 4) is 0 Å². The lowest BCUT2D eigenvalue weighted by molar-refractivity contribution is -0.208. The number of amides is 1. The zero-order valence-corrected chi connectivity index (χ0v) is 21.3. The molecule has 0 radical (unpaired) electrons.